The summed E-state index contributed by atoms with van der Waals surface area (Å²) in [5.74, 6) is 0. The van der Waals surface area contributed by atoms with Crippen molar-refractivity contribution in [3.05, 3.63) is 30.1 Å². The first-order chi connectivity index (χ1) is 4.61. The summed E-state index contributed by atoms with van der Waals surface area (Å²) < 4.78 is 0. The van der Waals surface area contributed by atoms with E-state index in [-0.39, 0.29) is 5.41 Å². The van der Waals surface area contributed by atoms with Gasteiger partial charge in [0.1, 0.15) is 0 Å². The van der Waals surface area contributed by atoms with Gasteiger partial charge >= 0.3 is 0 Å². The highest BCUT2D eigenvalue weighted by atomic mass is 14.6. The minimum atomic E-state index is 0.175. The highest BCUT2D eigenvalue weighted by Gasteiger charge is 2.12. The van der Waals surface area contributed by atoms with Gasteiger partial charge in [0.2, 0.25) is 0 Å². The van der Waals surface area contributed by atoms with E-state index in [9.17, 15) is 0 Å². The Balaban J connectivity index is 2.97. The molecule has 0 N–H and O–H groups in total. The molecule has 1 aromatic heterocycles. The van der Waals surface area contributed by atoms with E-state index in [0.717, 1.165) is 5.56 Å². The fourth-order valence-electron chi connectivity index (χ4n) is 0.735. The van der Waals surface area contributed by atoms with E-state index in [0.29, 0.717) is 0 Å². The molecule has 0 aliphatic carbocycles. The maximum Gasteiger partial charge on any atom is 0.0311 e. The van der Waals surface area contributed by atoms with Gasteiger partial charge in [0.05, 0.1) is 0 Å². The lowest BCUT2D eigenvalue weighted by Gasteiger charge is -2.16. The topological polar surface area (TPSA) is 12.9 Å². The van der Waals surface area contributed by atoms with E-state index < -0.39 is 0 Å². The Bertz CT molecular complexity index is 196. The van der Waals surface area contributed by atoms with E-state index in [2.05, 4.69) is 31.8 Å². The van der Waals surface area contributed by atoms with Crippen molar-refractivity contribution in [2.75, 3.05) is 0 Å². The van der Waals surface area contributed by atoms with Gasteiger partial charge in [-0.25, -0.2) is 0 Å². The zero-order valence-corrected chi connectivity index (χ0v) is 6.68. The number of rotatable bonds is 0. The first kappa shape index (κ1) is 7.26. The third-order valence-electron chi connectivity index (χ3n) is 1.41. The average Bonchev–Trinajstić information content (AvgIpc) is 1.88. The van der Waals surface area contributed by atoms with Gasteiger partial charge < -0.3 is 0 Å². The third-order valence-corrected chi connectivity index (χ3v) is 1.41. The van der Waals surface area contributed by atoms with Crippen LogP contribution >= 0.6 is 0 Å². The van der Waals surface area contributed by atoms with Crippen molar-refractivity contribution < 1.29 is 0 Å². The van der Waals surface area contributed by atoms with Gasteiger partial charge in [0, 0.05) is 12.4 Å². The first-order valence-electron chi connectivity index (χ1n) is 3.43. The quantitative estimate of drug-likeness (QED) is 0.530. The largest absolute Gasteiger partial charge is 0.264 e. The molecule has 0 saturated carbocycles. The maximum absolute atomic E-state index is 4.02. The SMILES string of the molecule is CC(C)(C)c1[c]ccnc1. The summed E-state index contributed by atoms with van der Waals surface area (Å²) >= 11 is 0. The molecule has 1 heteroatoms. The zero-order valence-electron chi connectivity index (χ0n) is 6.68. The van der Waals surface area contributed by atoms with Gasteiger partial charge in [-0.3, -0.25) is 4.98 Å². The maximum atomic E-state index is 4.02. The summed E-state index contributed by atoms with van der Waals surface area (Å²) in [5, 5.41) is 0. The second kappa shape index (κ2) is 2.41. The molecule has 0 aliphatic heterocycles. The Labute approximate surface area is 62.1 Å². The lowest BCUT2D eigenvalue weighted by molar-refractivity contribution is 0.586. The van der Waals surface area contributed by atoms with E-state index in [1.165, 1.54) is 0 Å². The first-order valence-corrected chi connectivity index (χ1v) is 3.43. The van der Waals surface area contributed by atoms with Crippen molar-refractivity contribution in [1.29, 1.82) is 0 Å². The lowest BCUT2D eigenvalue weighted by Crippen LogP contribution is -2.10. The normalized spacial score (nSPS) is 11.5. The smallest absolute Gasteiger partial charge is 0.0311 e. The van der Waals surface area contributed by atoms with Crippen LogP contribution in [0, 0.1) is 6.07 Å². The minimum absolute atomic E-state index is 0.175. The Morgan fingerprint density at radius 1 is 1.40 bits per heavy atom. The van der Waals surface area contributed by atoms with Crippen LogP contribution in [0.3, 0.4) is 0 Å². The Morgan fingerprint density at radius 2 is 2.10 bits per heavy atom. The molecule has 10 heavy (non-hydrogen) atoms. The standard InChI is InChI=1S/C9H12N/c1-9(2,3)8-5-4-6-10-7-8/h4,6-7H,1-3H3. The van der Waals surface area contributed by atoms with Gasteiger partial charge in [-0.1, -0.05) is 20.8 Å². The molecule has 0 fully saturated rings. The van der Waals surface area contributed by atoms with E-state index in [4.69, 9.17) is 0 Å². The van der Waals surface area contributed by atoms with E-state index in [1.54, 1.807) is 6.20 Å². The molecule has 1 rings (SSSR count). The molecular weight excluding hydrogens is 122 g/mol. The van der Waals surface area contributed by atoms with Crippen molar-refractivity contribution in [3.8, 4) is 0 Å². The Kier molecular flexibility index (Phi) is 1.75. The number of pyridine rings is 1. The number of aromatic nitrogens is 1. The second-order valence-electron chi connectivity index (χ2n) is 3.40. The molecule has 1 nitrogen and oxygen atoms in total. The van der Waals surface area contributed by atoms with Crippen molar-refractivity contribution >= 4 is 0 Å². The van der Waals surface area contributed by atoms with Gasteiger partial charge in [0.15, 0.2) is 0 Å². The number of hydrogen-bond donors (Lipinski definition) is 0. The van der Waals surface area contributed by atoms with Crippen LogP contribution < -0.4 is 0 Å². The Morgan fingerprint density at radius 3 is 2.40 bits per heavy atom. The fraction of sp³-hybridized carbons (Fsp3) is 0.444. The molecule has 0 saturated heterocycles. The molecule has 0 unspecified atom stereocenters. The number of hydrogen-bond acceptors (Lipinski definition) is 1. The van der Waals surface area contributed by atoms with Crippen LogP contribution in [0.15, 0.2) is 18.5 Å². The average molecular weight is 134 g/mol. The van der Waals surface area contributed by atoms with Crippen molar-refractivity contribution in [3.63, 3.8) is 0 Å². The molecule has 0 aromatic carbocycles. The van der Waals surface area contributed by atoms with Crippen LogP contribution in [0.4, 0.5) is 0 Å². The van der Waals surface area contributed by atoms with Crippen LogP contribution in [0.5, 0.6) is 0 Å². The van der Waals surface area contributed by atoms with Crippen molar-refractivity contribution in [1.82, 2.24) is 4.98 Å². The van der Waals surface area contributed by atoms with Gasteiger partial charge in [0.25, 0.3) is 0 Å². The molecule has 0 aliphatic rings. The molecule has 1 radical (unpaired) electrons. The molecule has 0 spiro atoms. The lowest BCUT2D eigenvalue weighted by atomic mass is 9.88. The summed E-state index contributed by atoms with van der Waals surface area (Å²) in [4.78, 5) is 4.02. The van der Waals surface area contributed by atoms with Crippen LogP contribution in [0.25, 0.3) is 0 Å². The fourth-order valence-corrected chi connectivity index (χ4v) is 0.735. The number of nitrogens with zero attached hydrogens (tertiary/aromatic N) is 1. The molecule has 1 heterocycles. The summed E-state index contributed by atoms with van der Waals surface area (Å²) in [6.45, 7) is 6.46. The molecular formula is C9H12N. The van der Waals surface area contributed by atoms with Crippen LogP contribution in [0.2, 0.25) is 0 Å². The summed E-state index contributed by atoms with van der Waals surface area (Å²) in [5.41, 5.74) is 1.34. The van der Waals surface area contributed by atoms with E-state index >= 15 is 0 Å². The molecule has 0 bridgehead atoms. The molecule has 53 valence electrons. The summed E-state index contributed by atoms with van der Waals surface area (Å²) in [6.07, 6.45) is 3.61. The highest BCUT2D eigenvalue weighted by molar-refractivity contribution is 5.16. The third kappa shape index (κ3) is 1.56. The predicted octanol–water partition coefficient (Wildman–Crippen LogP) is 2.18. The molecule has 0 amide bonds. The summed E-state index contributed by atoms with van der Waals surface area (Å²) in [7, 11) is 0. The van der Waals surface area contributed by atoms with Crippen LogP contribution in [0.1, 0.15) is 26.3 Å². The van der Waals surface area contributed by atoms with Crippen LogP contribution in [-0.2, 0) is 5.41 Å². The van der Waals surface area contributed by atoms with Crippen molar-refractivity contribution in [2.24, 2.45) is 0 Å². The van der Waals surface area contributed by atoms with Gasteiger partial charge in [-0.15, -0.1) is 0 Å². The summed E-state index contributed by atoms with van der Waals surface area (Å²) in [6, 6.07) is 4.99. The zero-order chi connectivity index (χ0) is 7.61. The minimum Gasteiger partial charge on any atom is -0.264 e. The Hall–Kier alpha value is -0.850. The van der Waals surface area contributed by atoms with Crippen LogP contribution in [-0.4, -0.2) is 4.98 Å². The van der Waals surface area contributed by atoms with Gasteiger partial charge in [-0.2, -0.15) is 0 Å². The monoisotopic (exact) mass is 134 g/mol. The molecule has 1 aromatic rings. The second-order valence-corrected chi connectivity index (χ2v) is 3.40. The highest BCUT2D eigenvalue weighted by Crippen LogP contribution is 2.19. The van der Waals surface area contributed by atoms with E-state index in [1.807, 2.05) is 12.3 Å². The van der Waals surface area contributed by atoms with Crippen molar-refractivity contribution in [2.45, 2.75) is 26.2 Å². The molecule has 0 atom stereocenters. The van der Waals surface area contributed by atoms with Gasteiger partial charge in [-0.05, 0) is 23.1 Å². The predicted molar refractivity (Wildman–Crippen MR) is 41.8 cm³/mol.